The zero-order valence-electron chi connectivity index (χ0n) is 13.4. The summed E-state index contributed by atoms with van der Waals surface area (Å²) in [5.41, 5.74) is 1.17. The van der Waals surface area contributed by atoms with E-state index in [9.17, 15) is 0 Å². The average molecular weight is 293 g/mol. The van der Waals surface area contributed by atoms with Crippen LogP contribution in [0.3, 0.4) is 0 Å². The van der Waals surface area contributed by atoms with Gasteiger partial charge in [-0.2, -0.15) is 0 Å². The van der Waals surface area contributed by atoms with Gasteiger partial charge in [0.25, 0.3) is 0 Å². The van der Waals surface area contributed by atoms with Gasteiger partial charge in [-0.15, -0.1) is 0 Å². The van der Waals surface area contributed by atoms with Gasteiger partial charge in [-0.25, -0.2) is 9.97 Å². The highest BCUT2D eigenvalue weighted by atomic mass is 16.5. The van der Waals surface area contributed by atoms with E-state index in [1.807, 2.05) is 0 Å². The van der Waals surface area contributed by atoms with Crippen LogP contribution in [0.2, 0.25) is 0 Å². The van der Waals surface area contributed by atoms with Gasteiger partial charge in [0.2, 0.25) is 0 Å². The Morgan fingerprint density at radius 2 is 1.86 bits per heavy atom. The van der Waals surface area contributed by atoms with Gasteiger partial charge in [0, 0.05) is 38.3 Å². The van der Waals surface area contributed by atoms with Crippen LogP contribution in [-0.4, -0.2) is 60.8 Å². The number of anilines is 2. The second-order valence-corrected chi connectivity index (χ2v) is 5.55. The lowest BCUT2D eigenvalue weighted by molar-refractivity contribution is 0.0398. The molecular weight excluding hydrogens is 266 g/mol. The van der Waals surface area contributed by atoms with Crippen LogP contribution in [0, 0.1) is 0 Å². The van der Waals surface area contributed by atoms with E-state index in [1.54, 1.807) is 6.33 Å². The Morgan fingerprint density at radius 3 is 2.48 bits per heavy atom. The van der Waals surface area contributed by atoms with Crippen LogP contribution in [0.15, 0.2) is 6.33 Å². The van der Waals surface area contributed by atoms with E-state index in [-0.39, 0.29) is 0 Å². The number of hydrogen-bond donors (Lipinski definition) is 2. The van der Waals surface area contributed by atoms with Crippen molar-refractivity contribution in [3.63, 3.8) is 0 Å². The summed E-state index contributed by atoms with van der Waals surface area (Å²) < 4.78 is 5.37. The summed E-state index contributed by atoms with van der Waals surface area (Å²) in [6.07, 6.45) is 1.63. The molecule has 0 unspecified atom stereocenters. The van der Waals surface area contributed by atoms with Crippen LogP contribution in [0.1, 0.15) is 32.3 Å². The van der Waals surface area contributed by atoms with Crippen LogP contribution in [0.4, 0.5) is 11.6 Å². The first-order chi connectivity index (χ1) is 10.2. The molecule has 118 valence electrons. The smallest absolute Gasteiger partial charge is 0.135 e. The van der Waals surface area contributed by atoms with Gasteiger partial charge in [-0.3, -0.25) is 4.90 Å². The molecular formula is C15H27N5O. The van der Waals surface area contributed by atoms with Crippen molar-refractivity contribution in [3.8, 4) is 0 Å². The highest BCUT2D eigenvalue weighted by Crippen LogP contribution is 2.27. The van der Waals surface area contributed by atoms with Crippen LogP contribution in [0.5, 0.6) is 0 Å². The van der Waals surface area contributed by atoms with Gasteiger partial charge in [-0.1, -0.05) is 13.8 Å². The second-order valence-electron chi connectivity index (χ2n) is 5.55. The Bertz CT molecular complexity index is 432. The zero-order chi connectivity index (χ0) is 15.1. The van der Waals surface area contributed by atoms with Crippen molar-refractivity contribution < 1.29 is 4.74 Å². The average Bonchev–Trinajstić information content (AvgIpc) is 2.48. The largest absolute Gasteiger partial charge is 0.379 e. The number of aromatic nitrogens is 2. The van der Waals surface area contributed by atoms with E-state index in [2.05, 4.69) is 46.3 Å². The van der Waals surface area contributed by atoms with Crippen molar-refractivity contribution >= 4 is 11.6 Å². The molecule has 6 heteroatoms. The van der Waals surface area contributed by atoms with E-state index in [0.717, 1.165) is 57.6 Å². The number of nitrogens with zero attached hydrogens (tertiary/aromatic N) is 3. The van der Waals surface area contributed by atoms with Crippen LogP contribution in [0.25, 0.3) is 0 Å². The summed E-state index contributed by atoms with van der Waals surface area (Å²) in [7, 11) is 0. The summed E-state index contributed by atoms with van der Waals surface area (Å²) in [4.78, 5) is 11.2. The summed E-state index contributed by atoms with van der Waals surface area (Å²) >= 11 is 0. The first kappa shape index (κ1) is 16.0. The predicted molar refractivity (Wildman–Crippen MR) is 86.0 cm³/mol. The third-order valence-electron chi connectivity index (χ3n) is 3.63. The van der Waals surface area contributed by atoms with E-state index in [4.69, 9.17) is 4.74 Å². The first-order valence-electron chi connectivity index (χ1n) is 7.85. The van der Waals surface area contributed by atoms with Crippen LogP contribution < -0.4 is 10.6 Å². The molecule has 1 fully saturated rings. The third kappa shape index (κ3) is 4.54. The van der Waals surface area contributed by atoms with E-state index < -0.39 is 0 Å². The fourth-order valence-electron chi connectivity index (χ4n) is 2.55. The molecule has 2 N–H and O–H groups in total. The summed E-state index contributed by atoms with van der Waals surface area (Å²) in [6.45, 7) is 12.9. The van der Waals surface area contributed by atoms with Gasteiger partial charge < -0.3 is 15.4 Å². The Balaban J connectivity index is 1.96. The quantitative estimate of drug-likeness (QED) is 0.799. The van der Waals surface area contributed by atoms with Crippen molar-refractivity contribution in [3.05, 3.63) is 11.9 Å². The van der Waals surface area contributed by atoms with Gasteiger partial charge in [-0.05, 0) is 12.8 Å². The van der Waals surface area contributed by atoms with E-state index in [0.29, 0.717) is 5.92 Å². The molecule has 1 saturated heterocycles. The molecule has 2 rings (SSSR count). The maximum absolute atomic E-state index is 5.37. The first-order valence-corrected chi connectivity index (χ1v) is 7.85. The Kier molecular flexibility index (Phi) is 6.20. The maximum Gasteiger partial charge on any atom is 0.135 e. The molecule has 2 heterocycles. The summed E-state index contributed by atoms with van der Waals surface area (Å²) in [6, 6.07) is 0. The number of ether oxygens (including phenoxy) is 1. The zero-order valence-corrected chi connectivity index (χ0v) is 13.4. The molecule has 0 spiro atoms. The lowest BCUT2D eigenvalue weighted by Crippen LogP contribution is -2.39. The summed E-state index contributed by atoms with van der Waals surface area (Å²) in [5.74, 6) is 2.27. The van der Waals surface area contributed by atoms with Gasteiger partial charge in [0.15, 0.2) is 0 Å². The topological polar surface area (TPSA) is 62.3 Å². The van der Waals surface area contributed by atoms with Gasteiger partial charge in [0.05, 0.1) is 13.2 Å². The van der Waals surface area contributed by atoms with Crippen LogP contribution >= 0.6 is 0 Å². The standard InChI is InChI=1S/C15H27N5O/c1-4-16-14-13(12(2)3)15(19-11-18-14)17-5-6-20-7-9-21-10-8-20/h11-12H,4-10H2,1-3H3,(H2,16,17,18,19). The fraction of sp³-hybridized carbons (Fsp3) is 0.733. The maximum atomic E-state index is 5.37. The number of hydrogen-bond acceptors (Lipinski definition) is 6. The van der Waals surface area contributed by atoms with Crippen LogP contribution in [-0.2, 0) is 4.74 Å². The van der Waals surface area contributed by atoms with Crippen molar-refractivity contribution in [1.82, 2.24) is 14.9 Å². The van der Waals surface area contributed by atoms with E-state index >= 15 is 0 Å². The lowest BCUT2D eigenvalue weighted by atomic mass is 10.0. The normalized spacial score (nSPS) is 16.2. The minimum Gasteiger partial charge on any atom is -0.379 e. The predicted octanol–water partition coefficient (Wildman–Crippen LogP) is 1.78. The minimum atomic E-state index is 0.381. The van der Waals surface area contributed by atoms with E-state index in [1.165, 1.54) is 5.56 Å². The Hall–Kier alpha value is -1.40. The number of nitrogens with one attached hydrogen (secondary N) is 2. The monoisotopic (exact) mass is 293 g/mol. The molecule has 0 amide bonds. The highest BCUT2D eigenvalue weighted by molar-refractivity contribution is 5.58. The molecule has 1 aliphatic heterocycles. The number of morpholine rings is 1. The second kappa shape index (κ2) is 8.14. The highest BCUT2D eigenvalue weighted by Gasteiger charge is 2.15. The Labute approximate surface area is 127 Å². The third-order valence-corrected chi connectivity index (χ3v) is 3.63. The van der Waals surface area contributed by atoms with Crippen molar-refractivity contribution in [2.75, 3.05) is 56.6 Å². The summed E-state index contributed by atoms with van der Waals surface area (Å²) in [5, 5.41) is 6.79. The molecule has 0 aliphatic carbocycles. The number of rotatable bonds is 7. The molecule has 0 radical (unpaired) electrons. The fourth-order valence-corrected chi connectivity index (χ4v) is 2.55. The lowest BCUT2D eigenvalue weighted by Gasteiger charge is -2.27. The molecule has 21 heavy (non-hydrogen) atoms. The Morgan fingerprint density at radius 1 is 1.19 bits per heavy atom. The van der Waals surface area contributed by atoms with Crippen molar-refractivity contribution in [2.45, 2.75) is 26.7 Å². The van der Waals surface area contributed by atoms with Gasteiger partial charge >= 0.3 is 0 Å². The molecule has 0 bridgehead atoms. The molecule has 6 nitrogen and oxygen atoms in total. The minimum absolute atomic E-state index is 0.381. The molecule has 0 aromatic carbocycles. The van der Waals surface area contributed by atoms with Crippen molar-refractivity contribution in [1.29, 1.82) is 0 Å². The molecule has 1 aromatic rings. The van der Waals surface area contributed by atoms with Crippen molar-refractivity contribution in [2.24, 2.45) is 0 Å². The molecule has 1 aliphatic rings. The molecule has 1 aromatic heterocycles. The SMILES string of the molecule is CCNc1ncnc(NCCN2CCOCC2)c1C(C)C. The molecule has 0 saturated carbocycles. The van der Waals surface area contributed by atoms with Gasteiger partial charge in [0.1, 0.15) is 18.0 Å². The molecule has 0 atom stereocenters.